The van der Waals surface area contributed by atoms with E-state index >= 15 is 0 Å². The highest BCUT2D eigenvalue weighted by Crippen LogP contribution is 2.30. The van der Waals surface area contributed by atoms with Gasteiger partial charge in [-0.25, -0.2) is 0 Å². The summed E-state index contributed by atoms with van der Waals surface area (Å²) in [4.78, 5) is 26.3. The van der Waals surface area contributed by atoms with Crippen molar-refractivity contribution < 1.29 is 14.3 Å². The highest BCUT2D eigenvalue weighted by Gasteiger charge is 2.24. The number of amides is 2. The lowest BCUT2D eigenvalue weighted by Gasteiger charge is -2.33. The molecule has 1 aliphatic rings. The van der Waals surface area contributed by atoms with Crippen molar-refractivity contribution in [3.8, 4) is 5.75 Å². The highest BCUT2D eigenvalue weighted by atomic mass is 16.5. The van der Waals surface area contributed by atoms with Gasteiger partial charge in [0.15, 0.2) is 0 Å². The van der Waals surface area contributed by atoms with Gasteiger partial charge in [0.05, 0.1) is 17.5 Å². The van der Waals surface area contributed by atoms with E-state index in [1.807, 2.05) is 55.5 Å². The number of nitrogens with two attached hydrogens (primary N) is 1. The SMILES string of the molecule is CCC(C)Oc1ccccc1C=CC(=O)Nc1ccccc1N1CCC(C(N)=O)CC1. The molecule has 2 aromatic carbocycles. The van der Waals surface area contributed by atoms with Gasteiger partial charge in [-0.3, -0.25) is 9.59 Å². The summed E-state index contributed by atoms with van der Waals surface area (Å²) in [6.07, 6.45) is 5.76. The Morgan fingerprint density at radius 3 is 2.55 bits per heavy atom. The van der Waals surface area contributed by atoms with Gasteiger partial charge in [-0.1, -0.05) is 37.3 Å². The molecule has 3 rings (SSSR count). The quantitative estimate of drug-likeness (QED) is 0.625. The first kappa shape index (κ1) is 22.4. The first-order valence-corrected chi connectivity index (χ1v) is 10.9. The number of carbonyl (C=O) groups is 2. The summed E-state index contributed by atoms with van der Waals surface area (Å²) >= 11 is 0. The minimum absolute atomic E-state index is 0.0707. The van der Waals surface area contributed by atoms with Crippen LogP contribution < -0.4 is 20.7 Å². The summed E-state index contributed by atoms with van der Waals surface area (Å²) in [5, 5.41) is 2.98. The van der Waals surface area contributed by atoms with Crippen molar-refractivity contribution in [1.82, 2.24) is 0 Å². The maximum Gasteiger partial charge on any atom is 0.248 e. The standard InChI is InChI=1S/C25H31N3O3/c1-3-18(2)31-23-11-7-4-8-19(23)12-13-24(29)27-21-9-5-6-10-22(21)28-16-14-20(15-17-28)25(26)30/h4-13,18,20H,3,14-17H2,1-2H3,(H2,26,30)(H,27,29). The van der Waals surface area contributed by atoms with Crippen LogP contribution in [0.3, 0.4) is 0 Å². The van der Waals surface area contributed by atoms with Gasteiger partial charge >= 0.3 is 0 Å². The largest absolute Gasteiger partial charge is 0.490 e. The number of benzene rings is 2. The monoisotopic (exact) mass is 421 g/mol. The van der Waals surface area contributed by atoms with Crippen molar-refractivity contribution in [1.29, 1.82) is 0 Å². The van der Waals surface area contributed by atoms with Gasteiger partial charge < -0.3 is 20.7 Å². The Labute approximate surface area is 184 Å². The van der Waals surface area contributed by atoms with E-state index in [0.29, 0.717) is 0 Å². The fourth-order valence-corrected chi connectivity index (χ4v) is 3.63. The molecule has 0 aromatic heterocycles. The molecule has 164 valence electrons. The maximum atomic E-state index is 12.6. The summed E-state index contributed by atoms with van der Waals surface area (Å²) in [6, 6.07) is 15.4. The van der Waals surface area contributed by atoms with Crippen LogP contribution in [0.1, 0.15) is 38.7 Å². The number of primary amides is 1. The van der Waals surface area contributed by atoms with E-state index in [-0.39, 0.29) is 23.8 Å². The minimum Gasteiger partial charge on any atom is -0.490 e. The Morgan fingerprint density at radius 1 is 1.16 bits per heavy atom. The van der Waals surface area contributed by atoms with Crippen molar-refractivity contribution >= 4 is 29.3 Å². The molecule has 0 spiro atoms. The summed E-state index contributed by atoms with van der Waals surface area (Å²) in [6.45, 7) is 5.56. The molecule has 1 aliphatic heterocycles. The molecule has 1 heterocycles. The number of carbonyl (C=O) groups excluding carboxylic acids is 2. The third-order valence-electron chi connectivity index (χ3n) is 5.64. The lowest BCUT2D eigenvalue weighted by atomic mass is 9.96. The van der Waals surface area contributed by atoms with Crippen LogP contribution in [0, 0.1) is 5.92 Å². The number of nitrogens with zero attached hydrogens (tertiary/aromatic N) is 1. The topological polar surface area (TPSA) is 84.7 Å². The Morgan fingerprint density at radius 2 is 1.84 bits per heavy atom. The van der Waals surface area contributed by atoms with Crippen LogP contribution in [-0.2, 0) is 9.59 Å². The number of para-hydroxylation sites is 3. The second-order valence-corrected chi connectivity index (χ2v) is 7.88. The van der Waals surface area contributed by atoms with Gasteiger partial charge in [-0.05, 0) is 50.5 Å². The zero-order chi connectivity index (χ0) is 22.2. The summed E-state index contributed by atoms with van der Waals surface area (Å²) in [7, 11) is 0. The molecule has 6 nitrogen and oxygen atoms in total. The molecule has 0 saturated carbocycles. The predicted octanol–water partition coefficient (Wildman–Crippen LogP) is 4.22. The van der Waals surface area contributed by atoms with E-state index in [1.54, 1.807) is 6.08 Å². The molecule has 1 fully saturated rings. The molecule has 1 atom stereocenters. The second kappa shape index (κ2) is 10.7. The van der Waals surface area contributed by atoms with Gasteiger partial charge in [0, 0.05) is 30.6 Å². The molecule has 2 aromatic rings. The van der Waals surface area contributed by atoms with Crippen molar-refractivity contribution in [3.63, 3.8) is 0 Å². The molecular formula is C25H31N3O3. The average molecular weight is 422 g/mol. The molecule has 31 heavy (non-hydrogen) atoms. The van der Waals surface area contributed by atoms with Crippen molar-refractivity contribution in [2.75, 3.05) is 23.3 Å². The Hall–Kier alpha value is -3.28. The number of hydrogen-bond acceptors (Lipinski definition) is 4. The molecule has 1 saturated heterocycles. The van der Waals surface area contributed by atoms with Gasteiger partial charge in [0.25, 0.3) is 0 Å². The van der Waals surface area contributed by atoms with Crippen LogP contribution in [-0.4, -0.2) is 31.0 Å². The van der Waals surface area contributed by atoms with Crippen LogP contribution in [0.15, 0.2) is 54.6 Å². The van der Waals surface area contributed by atoms with Gasteiger partial charge in [0.1, 0.15) is 5.75 Å². The van der Waals surface area contributed by atoms with Crippen LogP contribution in [0.5, 0.6) is 5.75 Å². The lowest BCUT2D eigenvalue weighted by Crippen LogP contribution is -2.38. The lowest BCUT2D eigenvalue weighted by molar-refractivity contribution is -0.122. The zero-order valence-corrected chi connectivity index (χ0v) is 18.2. The molecule has 0 aliphatic carbocycles. The van der Waals surface area contributed by atoms with Gasteiger partial charge in [-0.15, -0.1) is 0 Å². The van der Waals surface area contributed by atoms with E-state index in [1.165, 1.54) is 6.08 Å². The summed E-state index contributed by atoms with van der Waals surface area (Å²) in [5.41, 5.74) is 8.00. The first-order chi connectivity index (χ1) is 15.0. The van der Waals surface area contributed by atoms with Gasteiger partial charge in [-0.2, -0.15) is 0 Å². The minimum atomic E-state index is -0.232. The number of piperidine rings is 1. The fraction of sp³-hybridized carbons (Fsp3) is 0.360. The maximum absolute atomic E-state index is 12.6. The van der Waals surface area contributed by atoms with Crippen LogP contribution in [0.25, 0.3) is 6.08 Å². The first-order valence-electron chi connectivity index (χ1n) is 10.9. The van der Waals surface area contributed by atoms with E-state index in [0.717, 1.165) is 55.0 Å². The fourth-order valence-electron chi connectivity index (χ4n) is 3.63. The van der Waals surface area contributed by atoms with E-state index in [9.17, 15) is 9.59 Å². The highest BCUT2D eigenvalue weighted by molar-refractivity contribution is 6.04. The summed E-state index contributed by atoms with van der Waals surface area (Å²) < 4.78 is 5.95. The van der Waals surface area contributed by atoms with Gasteiger partial charge in [0.2, 0.25) is 11.8 Å². The number of anilines is 2. The Kier molecular flexibility index (Phi) is 7.70. The molecule has 0 bridgehead atoms. The van der Waals surface area contributed by atoms with Crippen LogP contribution in [0.4, 0.5) is 11.4 Å². The van der Waals surface area contributed by atoms with E-state index in [4.69, 9.17) is 10.5 Å². The number of rotatable bonds is 8. The molecule has 1 unspecified atom stereocenters. The van der Waals surface area contributed by atoms with Crippen molar-refractivity contribution in [2.45, 2.75) is 39.2 Å². The predicted molar refractivity (Wildman–Crippen MR) is 125 cm³/mol. The molecular weight excluding hydrogens is 390 g/mol. The van der Waals surface area contributed by atoms with Crippen molar-refractivity contribution in [3.05, 3.63) is 60.2 Å². The molecule has 6 heteroatoms. The van der Waals surface area contributed by atoms with Crippen LogP contribution in [0.2, 0.25) is 0 Å². The number of hydrogen-bond donors (Lipinski definition) is 2. The number of ether oxygens (including phenoxy) is 1. The third kappa shape index (κ3) is 6.10. The Balaban J connectivity index is 1.68. The molecule has 3 N–H and O–H groups in total. The smallest absolute Gasteiger partial charge is 0.248 e. The second-order valence-electron chi connectivity index (χ2n) is 7.88. The van der Waals surface area contributed by atoms with Crippen molar-refractivity contribution in [2.24, 2.45) is 11.7 Å². The molecule has 2 amide bonds. The van der Waals surface area contributed by atoms with E-state index < -0.39 is 0 Å². The third-order valence-corrected chi connectivity index (χ3v) is 5.64. The zero-order valence-electron chi connectivity index (χ0n) is 18.2. The molecule has 0 radical (unpaired) electrons. The van der Waals surface area contributed by atoms with E-state index in [2.05, 4.69) is 17.1 Å². The Bertz CT molecular complexity index is 933. The number of nitrogens with one attached hydrogen (secondary N) is 1. The summed E-state index contributed by atoms with van der Waals surface area (Å²) in [5.74, 6) is 0.249. The van der Waals surface area contributed by atoms with Crippen LogP contribution >= 0.6 is 0 Å². The average Bonchev–Trinajstić information content (AvgIpc) is 2.79. The normalized spacial score (nSPS) is 15.6.